The van der Waals surface area contributed by atoms with Crippen molar-refractivity contribution in [2.45, 2.75) is 25.1 Å². The highest BCUT2D eigenvalue weighted by Gasteiger charge is 2.01. The summed E-state index contributed by atoms with van der Waals surface area (Å²) >= 11 is 3.47. The van der Waals surface area contributed by atoms with Gasteiger partial charge in [0.1, 0.15) is 5.75 Å². The number of phenolic OH excluding ortho intramolecular Hbond substituents is 1. The van der Waals surface area contributed by atoms with E-state index in [4.69, 9.17) is 0 Å². The van der Waals surface area contributed by atoms with E-state index in [2.05, 4.69) is 22.9 Å². The molecule has 0 aliphatic heterocycles. The van der Waals surface area contributed by atoms with E-state index >= 15 is 0 Å². The molecule has 12 heavy (non-hydrogen) atoms. The fourth-order valence-electron chi connectivity index (χ4n) is 1.11. The molecule has 0 aliphatic rings. The lowest BCUT2D eigenvalue weighted by Gasteiger charge is -2.05. The molecule has 0 radical (unpaired) electrons. The average molecular weight is 229 g/mol. The molecular formula is C10H13BrO. The summed E-state index contributed by atoms with van der Waals surface area (Å²) in [5, 5.41) is 9.40. The Bertz CT molecular complexity index is 269. The lowest BCUT2D eigenvalue weighted by atomic mass is 10.1. The lowest BCUT2D eigenvalue weighted by molar-refractivity contribution is 0.470. The highest BCUT2D eigenvalue weighted by atomic mass is 79.9. The highest BCUT2D eigenvalue weighted by molar-refractivity contribution is 9.09. The van der Waals surface area contributed by atoms with E-state index in [0.29, 0.717) is 10.6 Å². The van der Waals surface area contributed by atoms with E-state index < -0.39 is 0 Å². The standard InChI is InChI=1S/C10H13BrO/c1-7-3-4-9(5-8(2)11)6-10(7)12/h3-4,6,8,12H,5H2,1-2H3. The number of rotatable bonds is 2. The third-order valence-electron chi connectivity index (χ3n) is 1.79. The number of benzene rings is 1. The minimum Gasteiger partial charge on any atom is -0.508 e. The monoisotopic (exact) mass is 228 g/mol. The van der Waals surface area contributed by atoms with Crippen molar-refractivity contribution >= 4 is 15.9 Å². The van der Waals surface area contributed by atoms with Gasteiger partial charge in [-0.3, -0.25) is 0 Å². The molecule has 1 nitrogen and oxygen atoms in total. The van der Waals surface area contributed by atoms with Crippen LogP contribution in [0.4, 0.5) is 0 Å². The molecule has 0 amide bonds. The van der Waals surface area contributed by atoms with Crippen molar-refractivity contribution in [3.05, 3.63) is 29.3 Å². The van der Waals surface area contributed by atoms with Gasteiger partial charge in [-0.2, -0.15) is 0 Å². The molecule has 66 valence electrons. The minimum absolute atomic E-state index is 0.389. The number of alkyl halides is 1. The fourth-order valence-corrected chi connectivity index (χ4v) is 1.48. The molecule has 0 saturated heterocycles. The Morgan fingerprint density at radius 2 is 2.17 bits per heavy atom. The molecule has 1 aromatic rings. The minimum atomic E-state index is 0.389. The summed E-state index contributed by atoms with van der Waals surface area (Å²) in [6, 6.07) is 5.82. The summed E-state index contributed by atoms with van der Waals surface area (Å²) < 4.78 is 0. The molecule has 1 N–H and O–H groups in total. The molecule has 0 aliphatic carbocycles. The van der Waals surface area contributed by atoms with Crippen LogP contribution in [0.3, 0.4) is 0 Å². The van der Waals surface area contributed by atoms with Crippen LogP contribution in [-0.2, 0) is 6.42 Å². The van der Waals surface area contributed by atoms with Crippen molar-refractivity contribution in [2.24, 2.45) is 0 Å². The molecule has 0 aromatic heterocycles. The first-order valence-corrected chi connectivity index (χ1v) is 4.93. The predicted molar refractivity (Wildman–Crippen MR) is 54.9 cm³/mol. The van der Waals surface area contributed by atoms with Crippen molar-refractivity contribution in [1.82, 2.24) is 0 Å². The van der Waals surface area contributed by atoms with Gasteiger partial charge < -0.3 is 5.11 Å². The van der Waals surface area contributed by atoms with E-state index in [-0.39, 0.29) is 0 Å². The van der Waals surface area contributed by atoms with Gasteiger partial charge in [0, 0.05) is 4.83 Å². The Kier molecular flexibility index (Phi) is 3.15. The first kappa shape index (κ1) is 9.59. The fraction of sp³-hybridized carbons (Fsp3) is 0.400. The van der Waals surface area contributed by atoms with Gasteiger partial charge in [-0.1, -0.05) is 35.0 Å². The largest absolute Gasteiger partial charge is 0.508 e. The number of aryl methyl sites for hydroxylation is 1. The van der Waals surface area contributed by atoms with Crippen LogP contribution >= 0.6 is 15.9 Å². The van der Waals surface area contributed by atoms with Crippen LogP contribution in [0.15, 0.2) is 18.2 Å². The van der Waals surface area contributed by atoms with Gasteiger partial charge in [0.25, 0.3) is 0 Å². The zero-order chi connectivity index (χ0) is 9.14. The van der Waals surface area contributed by atoms with Gasteiger partial charge in [-0.15, -0.1) is 0 Å². The molecule has 0 bridgehead atoms. The quantitative estimate of drug-likeness (QED) is 0.773. The topological polar surface area (TPSA) is 20.2 Å². The molecule has 2 heteroatoms. The van der Waals surface area contributed by atoms with Crippen molar-refractivity contribution in [3.8, 4) is 5.75 Å². The lowest BCUT2D eigenvalue weighted by Crippen LogP contribution is -1.95. The first-order valence-electron chi connectivity index (χ1n) is 4.02. The predicted octanol–water partition coefficient (Wildman–Crippen LogP) is 3.03. The van der Waals surface area contributed by atoms with Gasteiger partial charge in [0.2, 0.25) is 0 Å². The Hall–Kier alpha value is -0.500. The maximum Gasteiger partial charge on any atom is 0.118 e. The van der Waals surface area contributed by atoms with Crippen LogP contribution in [0.5, 0.6) is 5.75 Å². The third kappa shape index (κ3) is 2.52. The second kappa shape index (κ2) is 3.94. The van der Waals surface area contributed by atoms with E-state index in [1.807, 2.05) is 25.1 Å². The van der Waals surface area contributed by atoms with Gasteiger partial charge >= 0.3 is 0 Å². The van der Waals surface area contributed by atoms with Crippen molar-refractivity contribution in [2.75, 3.05) is 0 Å². The van der Waals surface area contributed by atoms with Crippen molar-refractivity contribution in [3.63, 3.8) is 0 Å². The SMILES string of the molecule is Cc1ccc(CC(C)Br)cc1O. The Morgan fingerprint density at radius 1 is 1.50 bits per heavy atom. The van der Waals surface area contributed by atoms with Gasteiger partial charge in [-0.05, 0) is 30.5 Å². The Labute approximate surface area is 81.6 Å². The smallest absolute Gasteiger partial charge is 0.118 e. The molecule has 0 saturated carbocycles. The summed E-state index contributed by atoms with van der Waals surface area (Å²) in [5.41, 5.74) is 2.10. The number of halogens is 1. The Balaban J connectivity index is 2.82. The highest BCUT2D eigenvalue weighted by Crippen LogP contribution is 2.19. The summed E-state index contributed by atoms with van der Waals surface area (Å²) in [4.78, 5) is 0.458. The molecule has 1 aromatic carbocycles. The van der Waals surface area contributed by atoms with Crippen LogP contribution in [-0.4, -0.2) is 9.93 Å². The third-order valence-corrected chi connectivity index (χ3v) is 2.11. The maximum atomic E-state index is 9.40. The summed E-state index contributed by atoms with van der Waals surface area (Å²) in [7, 11) is 0. The maximum absolute atomic E-state index is 9.40. The summed E-state index contributed by atoms with van der Waals surface area (Å²) in [5.74, 6) is 0.389. The number of aromatic hydroxyl groups is 1. The van der Waals surface area contributed by atoms with Crippen molar-refractivity contribution in [1.29, 1.82) is 0 Å². The van der Waals surface area contributed by atoms with E-state index in [9.17, 15) is 5.11 Å². The molecule has 1 unspecified atom stereocenters. The van der Waals surface area contributed by atoms with Crippen LogP contribution in [0.1, 0.15) is 18.1 Å². The molecule has 0 heterocycles. The second-order valence-electron chi connectivity index (χ2n) is 3.11. The number of hydrogen-bond donors (Lipinski definition) is 1. The molecule has 1 rings (SSSR count). The average Bonchev–Trinajstić information content (AvgIpc) is 1.96. The van der Waals surface area contributed by atoms with E-state index in [1.54, 1.807) is 0 Å². The van der Waals surface area contributed by atoms with Crippen LogP contribution in [0, 0.1) is 6.92 Å². The van der Waals surface area contributed by atoms with Gasteiger partial charge in [0.05, 0.1) is 0 Å². The second-order valence-corrected chi connectivity index (χ2v) is 4.67. The summed E-state index contributed by atoms with van der Waals surface area (Å²) in [6.45, 7) is 3.99. The molecule has 0 fully saturated rings. The van der Waals surface area contributed by atoms with Crippen LogP contribution in [0.2, 0.25) is 0 Å². The van der Waals surface area contributed by atoms with Crippen LogP contribution < -0.4 is 0 Å². The van der Waals surface area contributed by atoms with Gasteiger partial charge in [-0.25, -0.2) is 0 Å². The van der Waals surface area contributed by atoms with Crippen LogP contribution in [0.25, 0.3) is 0 Å². The van der Waals surface area contributed by atoms with E-state index in [0.717, 1.165) is 12.0 Å². The first-order chi connectivity index (χ1) is 5.59. The molecule has 0 spiro atoms. The zero-order valence-electron chi connectivity index (χ0n) is 7.34. The van der Waals surface area contributed by atoms with Crippen molar-refractivity contribution < 1.29 is 5.11 Å². The number of phenols is 1. The summed E-state index contributed by atoms with van der Waals surface area (Å²) in [6.07, 6.45) is 0.952. The molecular weight excluding hydrogens is 216 g/mol. The normalized spacial score (nSPS) is 12.9. The zero-order valence-corrected chi connectivity index (χ0v) is 8.93. The molecule has 1 atom stereocenters. The number of hydrogen-bond acceptors (Lipinski definition) is 1. The Morgan fingerprint density at radius 3 is 2.67 bits per heavy atom. The van der Waals surface area contributed by atoms with Gasteiger partial charge in [0.15, 0.2) is 0 Å². The van der Waals surface area contributed by atoms with E-state index in [1.165, 1.54) is 5.56 Å².